The van der Waals surface area contributed by atoms with Gasteiger partial charge in [-0.2, -0.15) is 13.2 Å². The van der Waals surface area contributed by atoms with Gasteiger partial charge in [-0.15, -0.1) is 0 Å². The third-order valence-electron chi connectivity index (χ3n) is 7.85. The van der Waals surface area contributed by atoms with E-state index in [1.54, 1.807) is 43.3 Å². The number of nitrogens with one attached hydrogen (secondary N) is 1. The molecule has 0 aliphatic rings. The predicted molar refractivity (Wildman–Crippen MR) is 181 cm³/mol. The molecule has 0 saturated carbocycles. The van der Waals surface area contributed by atoms with Gasteiger partial charge in [0, 0.05) is 19.5 Å². The second-order valence-corrected chi connectivity index (χ2v) is 13.7. The Morgan fingerprint density at radius 2 is 1.54 bits per heavy atom. The zero-order chi connectivity index (χ0) is 35.1. The van der Waals surface area contributed by atoms with Gasteiger partial charge in [0.1, 0.15) is 12.6 Å². The van der Waals surface area contributed by atoms with E-state index in [0.29, 0.717) is 28.9 Å². The van der Waals surface area contributed by atoms with E-state index in [1.807, 2.05) is 44.2 Å². The second kappa shape index (κ2) is 15.7. The Bertz CT molecular complexity index is 1840. The summed E-state index contributed by atoms with van der Waals surface area (Å²) in [7, 11) is -4.60. The lowest BCUT2D eigenvalue weighted by molar-refractivity contribution is -0.140. The molecule has 0 unspecified atom stereocenters. The molecule has 0 radical (unpaired) electrons. The standard InChI is InChI=1S/C36H37ClF3N3O4S/c1-4-20-41-35(45)33(21-27-11-6-5-7-12-27)42(23-28-13-9-8-10-26(28)3)34(44)24-43(48(46,47)30-17-14-25(2)15-18-30)29-16-19-32(37)31(22-29)36(38,39)40/h5-19,22,33H,4,20-21,23-24H2,1-3H3,(H,41,45)/t33-/m1/s1. The number of benzene rings is 4. The highest BCUT2D eigenvalue weighted by atomic mass is 35.5. The van der Waals surface area contributed by atoms with Crippen molar-refractivity contribution in [3.8, 4) is 0 Å². The number of alkyl halides is 3. The highest BCUT2D eigenvalue weighted by molar-refractivity contribution is 7.92. The number of anilines is 1. The van der Waals surface area contributed by atoms with Crippen molar-refractivity contribution in [2.75, 3.05) is 17.4 Å². The molecule has 4 aromatic carbocycles. The number of amides is 2. The summed E-state index contributed by atoms with van der Waals surface area (Å²) in [6.07, 6.45) is -4.15. The maximum absolute atomic E-state index is 14.5. The van der Waals surface area contributed by atoms with Crippen molar-refractivity contribution in [1.29, 1.82) is 0 Å². The van der Waals surface area contributed by atoms with Crippen molar-refractivity contribution in [1.82, 2.24) is 10.2 Å². The third-order valence-corrected chi connectivity index (χ3v) is 9.97. The molecule has 4 aromatic rings. The maximum atomic E-state index is 14.5. The lowest BCUT2D eigenvalue weighted by Gasteiger charge is -2.34. The Hall–Kier alpha value is -4.35. The summed E-state index contributed by atoms with van der Waals surface area (Å²) in [6, 6.07) is 23.7. The summed E-state index contributed by atoms with van der Waals surface area (Å²) in [5, 5.41) is 2.24. The van der Waals surface area contributed by atoms with Gasteiger partial charge in [0.15, 0.2) is 0 Å². The Balaban J connectivity index is 1.87. The molecule has 4 rings (SSSR count). The van der Waals surface area contributed by atoms with Crippen LogP contribution in [0.15, 0.2) is 102 Å². The van der Waals surface area contributed by atoms with Gasteiger partial charge in [0.2, 0.25) is 11.8 Å². The van der Waals surface area contributed by atoms with Crippen molar-refractivity contribution in [3.05, 3.63) is 130 Å². The number of aryl methyl sites for hydroxylation is 2. The molecule has 48 heavy (non-hydrogen) atoms. The number of hydrogen-bond donors (Lipinski definition) is 1. The van der Waals surface area contributed by atoms with E-state index in [0.717, 1.165) is 28.8 Å². The summed E-state index contributed by atoms with van der Waals surface area (Å²) >= 11 is 5.88. The van der Waals surface area contributed by atoms with Crippen molar-refractivity contribution in [3.63, 3.8) is 0 Å². The molecule has 12 heteroatoms. The van der Waals surface area contributed by atoms with Gasteiger partial charge >= 0.3 is 6.18 Å². The zero-order valence-corrected chi connectivity index (χ0v) is 28.4. The average molecular weight is 700 g/mol. The van der Waals surface area contributed by atoms with Gasteiger partial charge in [-0.05, 0) is 67.3 Å². The topological polar surface area (TPSA) is 86.8 Å². The largest absolute Gasteiger partial charge is 0.417 e. The smallest absolute Gasteiger partial charge is 0.354 e. The molecule has 1 atom stereocenters. The van der Waals surface area contributed by atoms with Crippen LogP contribution in [0.3, 0.4) is 0 Å². The minimum atomic E-state index is -4.90. The minimum absolute atomic E-state index is 0.0601. The van der Waals surface area contributed by atoms with Gasteiger partial charge in [-0.25, -0.2) is 8.42 Å². The van der Waals surface area contributed by atoms with E-state index in [-0.39, 0.29) is 17.9 Å². The molecule has 0 aromatic heterocycles. The van der Waals surface area contributed by atoms with Gasteiger partial charge in [-0.3, -0.25) is 13.9 Å². The Labute approximate surface area is 284 Å². The summed E-state index contributed by atoms with van der Waals surface area (Å²) in [5.74, 6) is -1.23. The molecule has 0 aliphatic heterocycles. The normalized spacial score (nSPS) is 12.3. The van der Waals surface area contributed by atoms with Gasteiger partial charge in [0.05, 0.1) is 21.2 Å². The number of carbonyl (C=O) groups is 2. The van der Waals surface area contributed by atoms with Crippen LogP contribution in [-0.4, -0.2) is 44.3 Å². The quantitative estimate of drug-likeness (QED) is 0.158. The predicted octanol–water partition coefficient (Wildman–Crippen LogP) is 7.34. The van der Waals surface area contributed by atoms with Crippen molar-refractivity contribution in [2.24, 2.45) is 0 Å². The number of halogens is 4. The van der Waals surface area contributed by atoms with E-state index in [4.69, 9.17) is 11.6 Å². The minimum Gasteiger partial charge on any atom is -0.354 e. The number of rotatable bonds is 13. The lowest BCUT2D eigenvalue weighted by Crippen LogP contribution is -2.53. The first-order valence-corrected chi connectivity index (χ1v) is 17.2. The maximum Gasteiger partial charge on any atom is 0.417 e. The van der Waals surface area contributed by atoms with Gasteiger partial charge in [-0.1, -0.05) is 90.8 Å². The summed E-state index contributed by atoms with van der Waals surface area (Å²) in [4.78, 5) is 29.4. The van der Waals surface area contributed by atoms with E-state index in [1.165, 1.54) is 17.0 Å². The molecule has 1 N–H and O–H groups in total. The van der Waals surface area contributed by atoms with E-state index in [2.05, 4.69) is 5.32 Å². The summed E-state index contributed by atoms with van der Waals surface area (Å²) in [6.45, 7) is 4.88. The van der Waals surface area contributed by atoms with Crippen LogP contribution in [0.5, 0.6) is 0 Å². The molecule has 254 valence electrons. The van der Waals surface area contributed by atoms with Crippen molar-refractivity contribution < 1.29 is 31.2 Å². The first-order chi connectivity index (χ1) is 22.7. The van der Waals surface area contributed by atoms with Gasteiger partial charge < -0.3 is 10.2 Å². The SMILES string of the molecule is CCCNC(=O)[C@@H](Cc1ccccc1)N(Cc1ccccc1C)C(=O)CN(c1ccc(Cl)c(C(F)(F)F)c1)S(=O)(=O)c1ccc(C)cc1. The van der Waals surface area contributed by atoms with Crippen LogP contribution in [0, 0.1) is 13.8 Å². The fourth-order valence-electron chi connectivity index (χ4n) is 5.14. The monoisotopic (exact) mass is 699 g/mol. The van der Waals surface area contributed by atoms with Crippen LogP contribution < -0.4 is 9.62 Å². The van der Waals surface area contributed by atoms with Gasteiger partial charge in [0.25, 0.3) is 10.0 Å². The first kappa shape index (κ1) is 36.5. The van der Waals surface area contributed by atoms with Crippen LogP contribution in [0.4, 0.5) is 18.9 Å². The molecule has 0 saturated heterocycles. The van der Waals surface area contributed by atoms with E-state index < -0.39 is 56.9 Å². The van der Waals surface area contributed by atoms with Crippen LogP contribution in [0.25, 0.3) is 0 Å². The number of carbonyl (C=O) groups excluding carboxylic acids is 2. The molecule has 0 bridgehead atoms. The Morgan fingerprint density at radius 3 is 2.17 bits per heavy atom. The molecule has 0 aliphatic carbocycles. The van der Waals surface area contributed by atoms with E-state index in [9.17, 15) is 31.2 Å². The summed E-state index contributed by atoms with van der Waals surface area (Å²) in [5.41, 5.74) is 1.40. The van der Waals surface area contributed by atoms with E-state index >= 15 is 0 Å². The molecule has 0 heterocycles. The Morgan fingerprint density at radius 1 is 0.896 bits per heavy atom. The number of hydrogen-bond acceptors (Lipinski definition) is 4. The Kier molecular flexibility index (Phi) is 11.9. The van der Waals surface area contributed by atoms with Crippen molar-refractivity contribution >= 4 is 39.1 Å². The highest BCUT2D eigenvalue weighted by Crippen LogP contribution is 2.38. The lowest BCUT2D eigenvalue weighted by atomic mass is 10.0. The van der Waals surface area contributed by atoms with Crippen LogP contribution in [0.1, 0.15) is 41.2 Å². The second-order valence-electron chi connectivity index (χ2n) is 11.4. The summed E-state index contributed by atoms with van der Waals surface area (Å²) < 4.78 is 70.8. The van der Waals surface area contributed by atoms with Crippen LogP contribution >= 0.6 is 11.6 Å². The highest BCUT2D eigenvalue weighted by Gasteiger charge is 2.37. The molecule has 0 spiro atoms. The first-order valence-electron chi connectivity index (χ1n) is 15.3. The molecule has 0 fully saturated rings. The molecular weight excluding hydrogens is 663 g/mol. The fourth-order valence-corrected chi connectivity index (χ4v) is 6.77. The van der Waals surface area contributed by atoms with Crippen LogP contribution in [-0.2, 0) is 38.8 Å². The molecule has 7 nitrogen and oxygen atoms in total. The number of nitrogens with zero attached hydrogens (tertiary/aromatic N) is 2. The molecular formula is C36H37ClF3N3O4S. The van der Waals surface area contributed by atoms with Crippen LogP contribution in [0.2, 0.25) is 5.02 Å². The fraction of sp³-hybridized carbons (Fsp3) is 0.278. The number of sulfonamides is 1. The molecule has 2 amide bonds. The average Bonchev–Trinajstić information content (AvgIpc) is 3.05. The zero-order valence-electron chi connectivity index (χ0n) is 26.8. The third kappa shape index (κ3) is 8.96. The van der Waals surface area contributed by atoms with Crippen molar-refractivity contribution in [2.45, 2.75) is 57.3 Å².